The van der Waals surface area contributed by atoms with Crippen molar-refractivity contribution in [3.8, 4) is 0 Å². The van der Waals surface area contributed by atoms with Gasteiger partial charge >= 0.3 is 0 Å². The largest absolute Gasteiger partial charge is 0.383 e. The average molecular weight is 424 g/mol. The molecule has 2 aromatic heterocycles. The van der Waals surface area contributed by atoms with Crippen molar-refractivity contribution in [2.75, 3.05) is 11.1 Å². The minimum Gasteiger partial charge on any atom is -0.383 e. The highest BCUT2D eigenvalue weighted by atomic mass is 16.2. The highest BCUT2D eigenvalue weighted by Gasteiger charge is 2.32. The molecule has 1 unspecified atom stereocenters. The first-order valence-electron chi connectivity index (χ1n) is 10.8. The third-order valence-corrected chi connectivity index (χ3v) is 6.45. The molecule has 3 heterocycles. The van der Waals surface area contributed by atoms with E-state index in [0.29, 0.717) is 29.5 Å². The number of aryl methyl sites for hydroxylation is 2. The fraction of sp³-hybridized carbons (Fsp3) is 0.478. The Balaban J connectivity index is 1.45. The minimum absolute atomic E-state index is 0.0793. The molecule has 2 aliphatic rings. The van der Waals surface area contributed by atoms with E-state index in [1.165, 1.54) is 23.8 Å². The minimum atomic E-state index is -0.336. The first kappa shape index (κ1) is 21.1. The normalized spacial score (nSPS) is 18.1. The zero-order chi connectivity index (χ0) is 22.1. The number of hydrogen-bond acceptors (Lipinski definition) is 5. The summed E-state index contributed by atoms with van der Waals surface area (Å²) in [6, 6.07) is 5.57. The second kappa shape index (κ2) is 8.53. The van der Waals surface area contributed by atoms with Crippen molar-refractivity contribution < 1.29 is 9.59 Å². The number of rotatable bonds is 6. The predicted octanol–water partition coefficient (Wildman–Crippen LogP) is 2.06. The molecule has 31 heavy (non-hydrogen) atoms. The summed E-state index contributed by atoms with van der Waals surface area (Å²) >= 11 is 0. The molecule has 2 aromatic rings. The van der Waals surface area contributed by atoms with Crippen LogP contribution in [0.2, 0.25) is 0 Å². The second-order valence-electron chi connectivity index (χ2n) is 8.77. The summed E-state index contributed by atoms with van der Waals surface area (Å²) in [4.78, 5) is 42.3. The molecule has 1 aliphatic heterocycles. The molecule has 1 atom stereocenters. The number of nitrogen functional groups attached to an aromatic ring is 1. The third kappa shape index (κ3) is 4.47. The standard InChI is InChI=1S/C23H29N5O3/c1-13-6-7-16(21(24)26-13)11-25-19(29)12-28-14(2)8-17-10-18(9-15-4-3-5-15)22(30)27-20(17)23(28)31/h6-8,15,18H,3-5,9-12H2,1-2H3,(H2,24,26)(H,25,29)(H,27,30). The smallest absolute Gasteiger partial charge is 0.275 e. The molecule has 0 radical (unpaired) electrons. The average Bonchev–Trinajstić information content (AvgIpc) is 2.68. The monoisotopic (exact) mass is 423 g/mol. The number of amides is 2. The summed E-state index contributed by atoms with van der Waals surface area (Å²) in [6.45, 7) is 3.77. The van der Waals surface area contributed by atoms with Crippen molar-refractivity contribution in [2.45, 2.75) is 59.0 Å². The lowest BCUT2D eigenvalue weighted by Gasteiger charge is -2.32. The number of carbonyl (C=O) groups is 2. The molecular weight excluding hydrogens is 394 g/mol. The molecule has 164 valence electrons. The Kier molecular flexibility index (Phi) is 5.80. The Morgan fingerprint density at radius 1 is 1.29 bits per heavy atom. The number of nitrogens with two attached hydrogens (primary N) is 1. The van der Waals surface area contributed by atoms with E-state index < -0.39 is 0 Å². The Bertz CT molecular complexity index is 1090. The maximum atomic E-state index is 13.0. The van der Waals surface area contributed by atoms with E-state index in [1.807, 2.05) is 32.0 Å². The molecule has 2 amide bonds. The van der Waals surface area contributed by atoms with Crippen molar-refractivity contribution in [3.63, 3.8) is 0 Å². The Morgan fingerprint density at radius 2 is 2.06 bits per heavy atom. The lowest BCUT2D eigenvalue weighted by Crippen LogP contribution is -2.39. The zero-order valence-corrected chi connectivity index (χ0v) is 18.0. The first-order valence-corrected chi connectivity index (χ1v) is 10.8. The number of hydrogen-bond donors (Lipinski definition) is 3. The molecule has 0 saturated heterocycles. The number of anilines is 2. The fourth-order valence-corrected chi connectivity index (χ4v) is 4.38. The maximum absolute atomic E-state index is 13.0. The van der Waals surface area contributed by atoms with Gasteiger partial charge in [0, 0.05) is 29.4 Å². The quantitative estimate of drug-likeness (QED) is 0.657. The van der Waals surface area contributed by atoms with Crippen LogP contribution >= 0.6 is 0 Å². The topological polar surface area (TPSA) is 119 Å². The summed E-state index contributed by atoms with van der Waals surface area (Å²) < 4.78 is 1.40. The molecular formula is C23H29N5O3. The predicted molar refractivity (Wildman–Crippen MR) is 118 cm³/mol. The van der Waals surface area contributed by atoms with Crippen LogP contribution in [0.3, 0.4) is 0 Å². The molecule has 4 N–H and O–H groups in total. The van der Waals surface area contributed by atoms with Gasteiger partial charge in [0.15, 0.2) is 0 Å². The van der Waals surface area contributed by atoms with Crippen LogP contribution in [0.1, 0.15) is 48.2 Å². The van der Waals surface area contributed by atoms with Gasteiger partial charge in [-0.1, -0.05) is 25.3 Å². The van der Waals surface area contributed by atoms with Crippen molar-refractivity contribution in [3.05, 3.63) is 51.1 Å². The zero-order valence-electron chi connectivity index (χ0n) is 18.0. The van der Waals surface area contributed by atoms with Crippen LogP contribution in [0.4, 0.5) is 11.5 Å². The number of aromatic nitrogens is 2. The summed E-state index contributed by atoms with van der Waals surface area (Å²) in [5, 5.41) is 5.60. The molecule has 1 aliphatic carbocycles. The Morgan fingerprint density at radius 3 is 2.74 bits per heavy atom. The van der Waals surface area contributed by atoms with Gasteiger partial charge in [0.2, 0.25) is 11.8 Å². The van der Waals surface area contributed by atoms with E-state index in [4.69, 9.17) is 5.73 Å². The third-order valence-electron chi connectivity index (χ3n) is 6.45. The number of nitrogens with zero attached hydrogens (tertiary/aromatic N) is 2. The van der Waals surface area contributed by atoms with Gasteiger partial charge in [0.05, 0.1) is 0 Å². The van der Waals surface area contributed by atoms with Crippen LogP contribution in [0.15, 0.2) is 23.0 Å². The van der Waals surface area contributed by atoms with Crippen LogP contribution in [0, 0.1) is 25.7 Å². The Labute approximate surface area is 181 Å². The van der Waals surface area contributed by atoms with Gasteiger partial charge in [-0.05, 0) is 50.3 Å². The SMILES string of the molecule is Cc1ccc(CNC(=O)Cn2c(C)cc3c(c2=O)NC(=O)C(CC2CCC2)C3)c(N)n1. The highest BCUT2D eigenvalue weighted by molar-refractivity contribution is 5.95. The van der Waals surface area contributed by atoms with Gasteiger partial charge in [0.25, 0.3) is 5.56 Å². The van der Waals surface area contributed by atoms with E-state index in [2.05, 4.69) is 15.6 Å². The molecule has 4 rings (SSSR count). The molecule has 8 heteroatoms. The maximum Gasteiger partial charge on any atom is 0.275 e. The van der Waals surface area contributed by atoms with Gasteiger partial charge in [-0.2, -0.15) is 0 Å². The van der Waals surface area contributed by atoms with Gasteiger partial charge in [-0.25, -0.2) is 4.98 Å². The molecule has 0 aromatic carbocycles. The summed E-state index contributed by atoms with van der Waals surface area (Å²) in [7, 11) is 0. The summed E-state index contributed by atoms with van der Waals surface area (Å²) in [6.07, 6.45) is 5.09. The lowest BCUT2D eigenvalue weighted by molar-refractivity contribution is -0.122. The number of nitrogens with one attached hydrogen (secondary N) is 2. The summed E-state index contributed by atoms with van der Waals surface area (Å²) in [5.74, 6) is 0.528. The van der Waals surface area contributed by atoms with Gasteiger partial charge in [-0.3, -0.25) is 14.4 Å². The second-order valence-corrected chi connectivity index (χ2v) is 8.77. The molecule has 8 nitrogen and oxygen atoms in total. The van der Waals surface area contributed by atoms with E-state index in [-0.39, 0.29) is 36.4 Å². The van der Waals surface area contributed by atoms with Crippen molar-refractivity contribution in [1.29, 1.82) is 0 Å². The number of fused-ring (bicyclic) bond motifs is 1. The molecule has 1 saturated carbocycles. The van der Waals surface area contributed by atoms with Crippen LogP contribution in [0.25, 0.3) is 0 Å². The van der Waals surface area contributed by atoms with Gasteiger partial charge in [-0.15, -0.1) is 0 Å². The van der Waals surface area contributed by atoms with Gasteiger partial charge < -0.3 is 20.9 Å². The number of carbonyl (C=O) groups excluding carboxylic acids is 2. The van der Waals surface area contributed by atoms with E-state index in [0.717, 1.165) is 23.2 Å². The van der Waals surface area contributed by atoms with Crippen LogP contribution in [-0.4, -0.2) is 21.4 Å². The van der Waals surface area contributed by atoms with Crippen molar-refractivity contribution in [1.82, 2.24) is 14.9 Å². The van der Waals surface area contributed by atoms with Crippen molar-refractivity contribution in [2.24, 2.45) is 11.8 Å². The fourth-order valence-electron chi connectivity index (χ4n) is 4.38. The first-order chi connectivity index (χ1) is 14.8. The summed E-state index contributed by atoms with van der Waals surface area (Å²) in [5.41, 5.74) is 8.96. The lowest BCUT2D eigenvalue weighted by atomic mass is 9.76. The van der Waals surface area contributed by atoms with Crippen LogP contribution in [-0.2, 0) is 29.1 Å². The molecule has 0 bridgehead atoms. The van der Waals surface area contributed by atoms with Gasteiger partial charge in [0.1, 0.15) is 18.1 Å². The molecule has 0 spiro atoms. The van der Waals surface area contributed by atoms with Crippen LogP contribution in [0.5, 0.6) is 0 Å². The van der Waals surface area contributed by atoms with E-state index >= 15 is 0 Å². The molecule has 1 fully saturated rings. The number of pyridine rings is 2. The Hall–Kier alpha value is -3.16. The highest BCUT2D eigenvalue weighted by Crippen LogP contribution is 2.35. The van der Waals surface area contributed by atoms with Crippen LogP contribution < -0.4 is 21.9 Å². The van der Waals surface area contributed by atoms with E-state index in [1.54, 1.807) is 0 Å². The van der Waals surface area contributed by atoms with E-state index in [9.17, 15) is 14.4 Å². The van der Waals surface area contributed by atoms with Crippen molar-refractivity contribution >= 4 is 23.3 Å².